The van der Waals surface area contributed by atoms with Crippen molar-refractivity contribution in [2.45, 2.75) is 0 Å². The van der Waals surface area contributed by atoms with E-state index < -0.39 is 0 Å². The lowest BCUT2D eigenvalue weighted by molar-refractivity contribution is -0.134. The van der Waals surface area contributed by atoms with Crippen LogP contribution < -0.4 is 5.32 Å². The highest BCUT2D eigenvalue weighted by atomic mass is 16.5. The Kier molecular flexibility index (Phi) is 7.91. The number of rotatable bonds is 8. The molecule has 0 aliphatic carbocycles. The molecule has 17 heavy (non-hydrogen) atoms. The smallest absolute Gasteiger partial charge is 0.236 e. The van der Waals surface area contributed by atoms with Gasteiger partial charge in [0.15, 0.2) is 0 Å². The largest absolute Gasteiger partial charge is 0.382 e. The van der Waals surface area contributed by atoms with Crippen LogP contribution in [0.1, 0.15) is 0 Å². The van der Waals surface area contributed by atoms with E-state index in [1.165, 1.54) is 0 Å². The molecule has 0 radical (unpaired) electrons. The van der Waals surface area contributed by atoms with Gasteiger partial charge in [-0.3, -0.25) is 4.79 Å². The van der Waals surface area contributed by atoms with Crippen LogP contribution in [0.3, 0.4) is 0 Å². The maximum atomic E-state index is 11.7. The van der Waals surface area contributed by atoms with Crippen molar-refractivity contribution in [3.8, 4) is 0 Å². The number of ether oxygens (including phenoxy) is 3. The fourth-order valence-corrected chi connectivity index (χ4v) is 1.51. The second-order valence-corrected chi connectivity index (χ2v) is 3.78. The molecule has 0 aromatic rings. The second-order valence-electron chi connectivity index (χ2n) is 3.78. The van der Waals surface area contributed by atoms with Crippen LogP contribution >= 0.6 is 0 Å². The third-order valence-corrected chi connectivity index (χ3v) is 2.49. The molecule has 100 valence electrons. The van der Waals surface area contributed by atoms with E-state index in [0.717, 1.165) is 0 Å². The number of hydrogen-bond acceptors (Lipinski definition) is 5. The summed E-state index contributed by atoms with van der Waals surface area (Å²) in [4.78, 5) is 13.5. The lowest BCUT2D eigenvalue weighted by Crippen LogP contribution is -2.45. The Bertz CT molecular complexity index is 208. The quantitative estimate of drug-likeness (QED) is 0.562. The fourth-order valence-electron chi connectivity index (χ4n) is 1.51. The average Bonchev–Trinajstić information content (AvgIpc) is 2.38. The summed E-state index contributed by atoms with van der Waals surface area (Å²) in [5, 5.41) is 3.06. The van der Waals surface area contributed by atoms with Crippen LogP contribution in [0.4, 0.5) is 0 Å². The molecule has 6 nitrogen and oxygen atoms in total. The minimum Gasteiger partial charge on any atom is -0.382 e. The van der Waals surface area contributed by atoms with Crippen molar-refractivity contribution >= 4 is 5.91 Å². The third-order valence-electron chi connectivity index (χ3n) is 2.49. The van der Waals surface area contributed by atoms with Gasteiger partial charge in [-0.25, -0.2) is 0 Å². The van der Waals surface area contributed by atoms with Crippen molar-refractivity contribution in [3.05, 3.63) is 0 Å². The molecule has 1 aliphatic heterocycles. The Balaban J connectivity index is 1.92. The zero-order valence-corrected chi connectivity index (χ0v) is 10.4. The zero-order valence-electron chi connectivity index (χ0n) is 10.4. The molecule has 0 aromatic heterocycles. The van der Waals surface area contributed by atoms with Crippen LogP contribution in [0.5, 0.6) is 0 Å². The molecule has 0 saturated carbocycles. The Labute approximate surface area is 102 Å². The van der Waals surface area contributed by atoms with E-state index in [4.69, 9.17) is 14.2 Å². The highest BCUT2D eigenvalue weighted by Crippen LogP contribution is 1.96. The van der Waals surface area contributed by atoms with Crippen LogP contribution in [-0.4, -0.2) is 77.1 Å². The Morgan fingerprint density at radius 2 is 2.06 bits per heavy atom. The lowest BCUT2D eigenvalue weighted by atomic mass is 10.4. The summed E-state index contributed by atoms with van der Waals surface area (Å²) in [6.45, 7) is 5.53. The molecule has 0 unspecified atom stereocenters. The SMILES string of the molecule is COCCOCCNCC(=O)N1CCOCC1. The molecule has 1 aliphatic rings. The van der Waals surface area contributed by atoms with Gasteiger partial charge >= 0.3 is 0 Å². The molecule has 1 saturated heterocycles. The van der Waals surface area contributed by atoms with Crippen molar-refractivity contribution in [1.82, 2.24) is 10.2 Å². The van der Waals surface area contributed by atoms with Gasteiger partial charge in [-0.15, -0.1) is 0 Å². The predicted octanol–water partition coefficient (Wildman–Crippen LogP) is -0.902. The predicted molar refractivity (Wildman–Crippen MR) is 63.0 cm³/mol. The van der Waals surface area contributed by atoms with Crippen LogP contribution in [0.15, 0.2) is 0 Å². The first kappa shape index (κ1) is 14.4. The highest BCUT2D eigenvalue weighted by Gasteiger charge is 2.15. The number of amides is 1. The first-order valence-electron chi connectivity index (χ1n) is 5.97. The molecule has 0 bridgehead atoms. The molecule has 0 aromatic carbocycles. The van der Waals surface area contributed by atoms with Gasteiger partial charge in [0.25, 0.3) is 0 Å². The van der Waals surface area contributed by atoms with Crippen LogP contribution in [0.2, 0.25) is 0 Å². The molecule has 1 amide bonds. The fraction of sp³-hybridized carbons (Fsp3) is 0.909. The molecule has 1 N–H and O–H groups in total. The van der Waals surface area contributed by atoms with E-state index in [9.17, 15) is 4.79 Å². The summed E-state index contributed by atoms with van der Waals surface area (Å²) in [6, 6.07) is 0. The van der Waals surface area contributed by atoms with Gasteiger partial charge in [0.2, 0.25) is 5.91 Å². The topological polar surface area (TPSA) is 60.0 Å². The first-order valence-corrected chi connectivity index (χ1v) is 5.97. The van der Waals surface area contributed by atoms with Gasteiger partial charge in [0, 0.05) is 26.7 Å². The van der Waals surface area contributed by atoms with E-state index in [1.807, 2.05) is 4.90 Å². The summed E-state index contributed by atoms with van der Waals surface area (Å²) in [7, 11) is 1.64. The van der Waals surface area contributed by atoms with E-state index in [1.54, 1.807) is 7.11 Å². The maximum Gasteiger partial charge on any atom is 0.236 e. The summed E-state index contributed by atoms with van der Waals surface area (Å²) < 4.78 is 15.3. The van der Waals surface area contributed by atoms with Crippen molar-refractivity contribution < 1.29 is 19.0 Å². The monoisotopic (exact) mass is 246 g/mol. The van der Waals surface area contributed by atoms with Crippen molar-refractivity contribution in [3.63, 3.8) is 0 Å². The summed E-state index contributed by atoms with van der Waals surface area (Å²) >= 11 is 0. The lowest BCUT2D eigenvalue weighted by Gasteiger charge is -2.26. The van der Waals surface area contributed by atoms with Gasteiger partial charge in [0.1, 0.15) is 0 Å². The minimum absolute atomic E-state index is 0.130. The molecule has 0 spiro atoms. The molecule has 1 fully saturated rings. The van der Waals surface area contributed by atoms with E-state index >= 15 is 0 Å². The number of carbonyl (C=O) groups is 1. The molecule has 0 atom stereocenters. The van der Waals surface area contributed by atoms with Crippen molar-refractivity contribution in [1.29, 1.82) is 0 Å². The van der Waals surface area contributed by atoms with Gasteiger partial charge in [-0.1, -0.05) is 0 Å². The maximum absolute atomic E-state index is 11.7. The highest BCUT2D eigenvalue weighted by molar-refractivity contribution is 5.78. The summed E-state index contributed by atoms with van der Waals surface area (Å²) in [5.41, 5.74) is 0. The third kappa shape index (κ3) is 6.58. The Morgan fingerprint density at radius 1 is 1.29 bits per heavy atom. The van der Waals surface area contributed by atoms with Crippen LogP contribution in [0.25, 0.3) is 0 Å². The molecular weight excluding hydrogens is 224 g/mol. The molecule has 1 rings (SSSR count). The Morgan fingerprint density at radius 3 is 2.76 bits per heavy atom. The normalized spacial score (nSPS) is 16.2. The van der Waals surface area contributed by atoms with Gasteiger partial charge in [0.05, 0.1) is 39.6 Å². The zero-order chi connectivity index (χ0) is 12.3. The van der Waals surface area contributed by atoms with E-state index in [2.05, 4.69) is 5.32 Å². The van der Waals surface area contributed by atoms with E-state index in [-0.39, 0.29) is 5.91 Å². The second kappa shape index (κ2) is 9.35. The number of morpholine rings is 1. The van der Waals surface area contributed by atoms with Crippen LogP contribution in [-0.2, 0) is 19.0 Å². The molecular formula is C11H22N2O4. The molecule has 1 heterocycles. The average molecular weight is 246 g/mol. The number of nitrogens with one attached hydrogen (secondary N) is 1. The van der Waals surface area contributed by atoms with Crippen LogP contribution in [0, 0.1) is 0 Å². The first-order chi connectivity index (χ1) is 8.34. The standard InChI is InChI=1S/C11H22N2O4/c1-15-8-9-16-5-2-12-10-11(14)13-3-6-17-7-4-13/h12H,2-10H2,1H3. The Hall–Kier alpha value is -0.690. The summed E-state index contributed by atoms with van der Waals surface area (Å²) in [5.74, 6) is 0.130. The minimum atomic E-state index is 0.130. The number of methoxy groups -OCH3 is 1. The van der Waals surface area contributed by atoms with Gasteiger partial charge in [-0.05, 0) is 0 Å². The van der Waals surface area contributed by atoms with Gasteiger partial charge < -0.3 is 24.4 Å². The number of carbonyl (C=O) groups excluding carboxylic acids is 1. The molecule has 6 heteroatoms. The summed E-state index contributed by atoms with van der Waals surface area (Å²) in [6.07, 6.45) is 0. The van der Waals surface area contributed by atoms with Crippen molar-refractivity contribution in [2.24, 2.45) is 0 Å². The number of nitrogens with zero attached hydrogens (tertiary/aromatic N) is 1. The van der Waals surface area contributed by atoms with Gasteiger partial charge in [-0.2, -0.15) is 0 Å². The number of hydrogen-bond donors (Lipinski definition) is 1. The van der Waals surface area contributed by atoms with E-state index in [0.29, 0.717) is 59.2 Å². The van der Waals surface area contributed by atoms with Crippen molar-refractivity contribution in [2.75, 3.05) is 66.3 Å².